The molecule has 6 heteroatoms. The van der Waals surface area contributed by atoms with E-state index in [0.29, 0.717) is 12.3 Å². The summed E-state index contributed by atoms with van der Waals surface area (Å²) in [4.78, 5) is 15.0. The summed E-state index contributed by atoms with van der Waals surface area (Å²) >= 11 is 0. The average molecular weight is 320 g/mol. The molecule has 120 valence electrons. The van der Waals surface area contributed by atoms with Crippen LogP contribution in [-0.2, 0) is 5.41 Å². The SMILES string of the molecule is O=Nc1ccccc1C1(COc2ccc(-n3cncn3)cc2)CC1. The van der Waals surface area contributed by atoms with Crippen molar-refractivity contribution in [3.05, 3.63) is 71.7 Å². The van der Waals surface area contributed by atoms with Crippen molar-refractivity contribution < 1.29 is 4.74 Å². The van der Waals surface area contributed by atoms with Gasteiger partial charge >= 0.3 is 0 Å². The van der Waals surface area contributed by atoms with Crippen molar-refractivity contribution in [1.29, 1.82) is 0 Å². The van der Waals surface area contributed by atoms with Crippen LogP contribution in [0.5, 0.6) is 5.75 Å². The van der Waals surface area contributed by atoms with E-state index < -0.39 is 0 Å². The molecule has 1 saturated carbocycles. The van der Waals surface area contributed by atoms with E-state index in [1.807, 2.05) is 42.5 Å². The first-order chi connectivity index (χ1) is 11.8. The van der Waals surface area contributed by atoms with Crippen LogP contribution in [0.25, 0.3) is 5.69 Å². The van der Waals surface area contributed by atoms with Gasteiger partial charge in [0.1, 0.15) is 24.1 Å². The van der Waals surface area contributed by atoms with Crippen LogP contribution >= 0.6 is 0 Å². The molecule has 0 N–H and O–H groups in total. The molecule has 0 atom stereocenters. The molecule has 2 aromatic carbocycles. The van der Waals surface area contributed by atoms with Gasteiger partial charge in [-0.1, -0.05) is 18.2 Å². The monoisotopic (exact) mass is 320 g/mol. The number of benzene rings is 2. The average Bonchev–Trinajstić information content (AvgIpc) is 3.23. The standard InChI is InChI=1S/C18H16N4O2/c23-21-17-4-2-1-3-16(17)18(9-10-18)11-24-15-7-5-14(6-8-15)22-13-19-12-20-22/h1-8,12-13H,9-11H2. The molecule has 0 radical (unpaired) electrons. The van der Waals surface area contributed by atoms with Crippen molar-refractivity contribution in [3.8, 4) is 11.4 Å². The lowest BCUT2D eigenvalue weighted by molar-refractivity contribution is 0.278. The van der Waals surface area contributed by atoms with E-state index in [0.717, 1.165) is 29.8 Å². The third-order valence-electron chi connectivity index (χ3n) is 4.46. The third-order valence-corrected chi connectivity index (χ3v) is 4.46. The smallest absolute Gasteiger partial charge is 0.138 e. The van der Waals surface area contributed by atoms with E-state index in [4.69, 9.17) is 4.74 Å². The number of nitroso groups, excluding NO2 is 1. The van der Waals surface area contributed by atoms with Crippen molar-refractivity contribution in [1.82, 2.24) is 14.8 Å². The van der Waals surface area contributed by atoms with E-state index in [9.17, 15) is 4.91 Å². The van der Waals surface area contributed by atoms with Crippen LogP contribution in [0, 0.1) is 4.91 Å². The second-order valence-electron chi connectivity index (χ2n) is 6.01. The van der Waals surface area contributed by atoms with Gasteiger partial charge in [-0.05, 0) is 53.9 Å². The van der Waals surface area contributed by atoms with Gasteiger partial charge in [0.2, 0.25) is 0 Å². The highest BCUT2D eigenvalue weighted by molar-refractivity contribution is 5.52. The summed E-state index contributed by atoms with van der Waals surface area (Å²) in [6.45, 7) is 0.544. The highest BCUT2D eigenvalue weighted by atomic mass is 16.5. The summed E-state index contributed by atoms with van der Waals surface area (Å²) in [6, 6.07) is 15.2. The number of aromatic nitrogens is 3. The van der Waals surface area contributed by atoms with E-state index in [1.165, 1.54) is 6.33 Å². The molecule has 1 aliphatic carbocycles. The maximum atomic E-state index is 11.0. The molecule has 0 saturated heterocycles. The zero-order chi connectivity index (χ0) is 16.4. The Morgan fingerprint density at radius 3 is 2.58 bits per heavy atom. The Morgan fingerprint density at radius 1 is 1.12 bits per heavy atom. The second kappa shape index (κ2) is 5.88. The fourth-order valence-electron chi connectivity index (χ4n) is 2.90. The minimum Gasteiger partial charge on any atom is -0.493 e. The minimum atomic E-state index is -0.0882. The number of rotatable bonds is 6. The largest absolute Gasteiger partial charge is 0.493 e. The van der Waals surface area contributed by atoms with Crippen molar-refractivity contribution in [2.24, 2.45) is 5.18 Å². The van der Waals surface area contributed by atoms with Crippen LogP contribution in [0.4, 0.5) is 5.69 Å². The molecule has 0 bridgehead atoms. The van der Waals surface area contributed by atoms with Gasteiger partial charge < -0.3 is 4.74 Å². The van der Waals surface area contributed by atoms with Crippen LogP contribution in [0.3, 0.4) is 0 Å². The summed E-state index contributed by atoms with van der Waals surface area (Å²) in [5.74, 6) is 0.793. The van der Waals surface area contributed by atoms with Crippen LogP contribution in [0.1, 0.15) is 18.4 Å². The summed E-state index contributed by atoms with van der Waals surface area (Å²) < 4.78 is 7.66. The predicted molar refractivity (Wildman–Crippen MR) is 89.7 cm³/mol. The van der Waals surface area contributed by atoms with E-state index in [-0.39, 0.29) is 5.41 Å². The van der Waals surface area contributed by atoms with Gasteiger partial charge in [-0.2, -0.15) is 5.10 Å². The van der Waals surface area contributed by atoms with E-state index in [2.05, 4.69) is 15.3 Å². The molecule has 1 aliphatic rings. The summed E-state index contributed by atoms with van der Waals surface area (Å²) in [6.07, 6.45) is 5.17. The predicted octanol–water partition coefficient (Wildman–Crippen LogP) is 3.78. The molecule has 0 amide bonds. The minimum absolute atomic E-state index is 0.0882. The Kier molecular flexibility index (Phi) is 3.57. The van der Waals surface area contributed by atoms with Crippen LogP contribution in [-0.4, -0.2) is 21.4 Å². The fraction of sp³-hybridized carbons (Fsp3) is 0.222. The van der Waals surface area contributed by atoms with Gasteiger partial charge in [-0.25, -0.2) is 9.67 Å². The van der Waals surface area contributed by atoms with Crippen LogP contribution < -0.4 is 4.74 Å². The Bertz CT molecular complexity index is 840. The number of hydrogen-bond donors (Lipinski definition) is 0. The Hall–Kier alpha value is -3.02. The van der Waals surface area contributed by atoms with Crippen molar-refractivity contribution in [2.75, 3.05) is 6.61 Å². The number of hydrogen-bond acceptors (Lipinski definition) is 5. The lowest BCUT2D eigenvalue weighted by atomic mass is 9.95. The van der Waals surface area contributed by atoms with Gasteiger partial charge in [0, 0.05) is 5.41 Å². The molecule has 4 rings (SSSR count). The van der Waals surface area contributed by atoms with E-state index in [1.54, 1.807) is 17.1 Å². The topological polar surface area (TPSA) is 69.4 Å². The van der Waals surface area contributed by atoms with Crippen molar-refractivity contribution >= 4 is 5.69 Å². The maximum Gasteiger partial charge on any atom is 0.138 e. The first kappa shape index (κ1) is 14.6. The molecular weight excluding hydrogens is 304 g/mol. The van der Waals surface area contributed by atoms with Crippen molar-refractivity contribution in [2.45, 2.75) is 18.3 Å². The molecular formula is C18H16N4O2. The van der Waals surface area contributed by atoms with Gasteiger partial charge in [-0.3, -0.25) is 0 Å². The Balaban J connectivity index is 1.48. The Morgan fingerprint density at radius 2 is 1.92 bits per heavy atom. The fourth-order valence-corrected chi connectivity index (χ4v) is 2.90. The number of ether oxygens (including phenoxy) is 1. The second-order valence-corrected chi connectivity index (χ2v) is 6.01. The van der Waals surface area contributed by atoms with Crippen LogP contribution in [0.15, 0.2) is 66.4 Å². The zero-order valence-corrected chi connectivity index (χ0v) is 13.0. The molecule has 3 aromatic rings. The molecule has 0 spiro atoms. The highest BCUT2D eigenvalue weighted by Gasteiger charge is 2.46. The summed E-state index contributed by atoms with van der Waals surface area (Å²) in [5.41, 5.74) is 2.34. The maximum absolute atomic E-state index is 11.0. The summed E-state index contributed by atoms with van der Waals surface area (Å²) in [7, 11) is 0. The van der Waals surface area contributed by atoms with Gasteiger partial charge in [0.15, 0.2) is 0 Å². The van der Waals surface area contributed by atoms with E-state index >= 15 is 0 Å². The first-order valence-corrected chi connectivity index (χ1v) is 7.81. The Labute approximate surface area is 139 Å². The molecule has 1 aromatic heterocycles. The molecule has 6 nitrogen and oxygen atoms in total. The molecule has 0 aliphatic heterocycles. The van der Waals surface area contributed by atoms with Gasteiger partial charge in [0.05, 0.1) is 12.3 Å². The summed E-state index contributed by atoms with van der Waals surface area (Å²) in [5, 5.41) is 7.25. The lowest BCUT2D eigenvalue weighted by Gasteiger charge is -2.18. The molecule has 1 fully saturated rings. The molecule has 1 heterocycles. The third kappa shape index (κ3) is 2.67. The highest BCUT2D eigenvalue weighted by Crippen LogP contribution is 2.51. The van der Waals surface area contributed by atoms with Gasteiger partial charge in [0.25, 0.3) is 0 Å². The number of nitrogens with zero attached hydrogens (tertiary/aromatic N) is 4. The van der Waals surface area contributed by atoms with Crippen LogP contribution in [0.2, 0.25) is 0 Å². The quantitative estimate of drug-likeness (QED) is 0.648. The van der Waals surface area contributed by atoms with Crippen molar-refractivity contribution in [3.63, 3.8) is 0 Å². The normalized spacial score (nSPS) is 15.0. The molecule has 0 unspecified atom stereocenters. The first-order valence-electron chi connectivity index (χ1n) is 7.81. The van der Waals surface area contributed by atoms with Gasteiger partial charge in [-0.15, -0.1) is 4.91 Å². The molecule has 24 heavy (non-hydrogen) atoms. The zero-order valence-electron chi connectivity index (χ0n) is 13.0. The lowest BCUT2D eigenvalue weighted by Crippen LogP contribution is -2.17.